The van der Waals surface area contributed by atoms with Crippen molar-refractivity contribution in [2.45, 2.75) is 0 Å². The predicted octanol–water partition coefficient (Wildman–Crippen LogP) is 4.72. The highest BCUT2D eigenvalue weighted by molar-refractivity contribution is 7.80. The van der Waals surface area contributed by atoms with Crippen molar-refractivity contribution in [3.05, 3.63) is 95.0 Å². The van der Waals surface area contributed by atoms with Crippen molar-refractivity contribution in [2.75, 3.05) is 10.6 Å². The molecule has 3 aromatic rings. The quantitative estimate of drug-likeness (QED) is 0.545. The van der Waals surface area contributed by atoms with Gasteiger partial charge in [0.15, 0.2) is 5.11 Å². The molecule has 0 saturated heterocycles. The first-order valence-electron chi connectivity index (χ1n) is 8.35. The number of thiocarbonyl (C=S) groups is 1. The Bertz CT molecular complexity index is 990. The monoisotopic (exact) mass is 409 g/mol. The van der Waals surface area contributed by atoms with E-state index in [0.29, 0.717) is 27.5 Å². The molecule has 0 radical (unpaired) electrons. The van der Waals surface area contributed by atoms with Crippen LogP contribution < -0.4 is 16.0 Å². The molecule has 0 bridgehead atoms. The minimum Gasteiger partial charge on any atom is -0.332 e. The summed E-state index contributed by atoms with van der Waals surface area (Å²) in [5, 5.41) is 9.11. The fourth-order valence-electron chi connectivity index (χ4n) is 2.37. The highest BCUT2D eigenvalue weighted by Gasteiger charge is 2.08. The predicted molar refractivity (Wildman–Crippen MR) is 116 cm³/mol. The molecule has 3 N–H and O–H groups in total. The van der Waals surface area contributed by atoms with Crippen molar-refractivity contribution in [3.8, 4) is 0 Å². The van der Waals surface area contributed by atoms with Gasteiger partial charge in [0.2, 0.25) is 0 Å². The van der Waals surface area contributed by atoms with Crippen LogP contribution in [0.2, 0.25) is 5.02 Å². The van der Waals surface area contributed by atoms with E-state index in [2.05, 4.69) is 16.0 Å². The van der Waals surface area contributed by atoms with E-state index in [1.54, 1.807) is 72.8 Å². The highest BCUT2D eigenvalue weighted by atomic mass is 35.5. The summed E-state index contributed by atoms with van der Waals surface area (Å²) in [7, 11) is 0. The van der Waals surface area contributed by atoms with Crippen LogP contribution in [0.25, 0.3) is 0 Å². The zero-order valence-electron chi connectivity index (χ0n) is 14.6. The molecular formula is C21H16ClN3O2S. The summed E-state index contributed by atoms with van der Waals surface area (Å²) in [6, 6.07) is 22.4. The van der Waals surface area contributed by atoms with Gasteiger partial charge in [0, 0.05) is 27.5 Å². The van der Waals surface area contributed by atoms with E-state index in [1.165, 1.54) is 0 Å². The van der Waals surface area contributed by atoms with Gasteiger partial charge >= 0.3 is 0 Å². The molecule has 5 nitrogen and oxygen atoms in total. The van der Waals surface area contributed by atoms with Crippen molar-refractivity contribution >= 4 is 52.1 Å². The maximum Gasteiger partial charge on any atom is 0.257 e. The highest BCUT2D eigenvalue weighted by Crippen LogP contribution is 2.16. The number of hydrogen-bond acceptors (Lipinski definition) is 3. The first-order chi connectivity index (χ1) is 13.5. The molecule has 0 heterocycles. The van der Waals surface area contributed by atoms with Gasteiger partial charge < -0.3 is 10.6 Å². The summed E-state index contributed by atoms with van der Waals surface area (Å²) in [5.74, 6) is -0.520. The van der Waals surface area contributed by atoms with Crippen molar-refractivity contribution in [3.63, 3.8) is 0 Å². The van der Waals surface area contributed by atoms with Gasteiger partial charge in [-0.25, -0.2) is 0 Å². The summed E-state index contributed by atoms with van der Waals surface area (Å²) < 4.78 is 0. The summed E-state index contributed by atoms with van der Waals surface area (Å²) in [4.78, 5) is 24.3. The third-order valence-electron chi connectivity index (χ3n) is 3.77. The second-order valence-electron chi connectivity index (χ2n) is 5.81. The molecule has 0 spiro atoms. The second-order valence-corrected chi connectivity index (χ2v) is 6.66. The standard InChI is InChI=1S/C21H16ClN3O2S/c22-16-8-6-15(7-9-16)19(26)23-17-10-12-18(13-11-17)24-21(28)25-20(27)14-4-2-1-3-5-14/h1-13H,(H,23,26)(H2,24,25,27,28). The molecule has 3 rings (SSSR count). The summed E-state index contributed by atoms with van der Waals surface area (Å²) in [6.45, 7) is 0. The zero-order valence-corrected chi connectivity index (χ0v) is 16.2. The number of carbonyl (C=O) groups excluding carboxylic acids is 2. The van der Waals surface area contributed by atoms with Crippen LogP contribution in [0.1, 0.15) is 20.7 Å². The molecule has 28 heavy (non-hydrogen) atoms. The Balaban J connectivity index is 1.55. The van der Waals surface area contributed by atoms with Gasteiger partial charge in [0.1, 0.15) is 0 Å². The fourth-order valence-corrected chi connectivity index (χ4v) is 2.71. The van der Waals surface area contributed by atoms with E-state index in [9.17, 15) is 9.59 Å². The Morgan fingerprint density at radius 1 is 0.679 bits per heavy atom. The molecule has 7 heteroatoms. The van der Waals surface area contributed by atoms with Crippen LogP contribution in [0.3, 0.4) is 0 Å². The minimum atomic E-state index is -0.287. The van der Waals surface area contributed by atoms with E-state index in [1.807, 2.05) is 6.07 Å². The number of carbonyl (C=O) groups is 2. The average molecular weight is 410 g/mol. The average Bonchev–Trinajstić information content (AvgIpc) is 2.70. The molecule has 0 aliphatic rings. The topological polar surface area (TPSA) is 70.2 Å². The largest absolute Gasteiger partial charge is 0.332 e. The summed E-state index contributed by atoms with van der Waals surface area (Å²) in [6.07, 6.45) is 0. The van der Waals surface area contributed by atoms with Gasteiger partial charge in [-0.2, -0.15) is 0 Å². The summed E-state index contributed by atoms with van der Waals surface area (Å²) in [5.41, 5.74) is 2.34. The summed E-state index contributed by atoms with van der Waals surface area (Å²) >= 11 is 11.0. The number of hydrogen-bond donors (Lipinski definition) is 3. The number of amides is 2. The van der Waals surface area contributed by atoms with Crippen molar-refractivity contribution in [2.24, 2.45) is 0 Å². The normalized spacial score (nSPS) is 10.0. The Morgan fingerprint density at radius 3 is 1.82 bits per heavy atom. The van der Waals surface area contributed by atoms with Crippen LogP contribution in [0.15, 0.2) is 78.9 Å². The van der Waals surface area contributed by atoms with E-state index >= 15 is 0 Å². The smallest absolute Gasteiger partial charge is 0.257 e. The van der Waals surface area contributed by atoms with Gasteiger partial charge in [-0.05, 0) is 72.9 Å². The second kappa shape index (κ2) is 9.12. The van der Waals surface area contributed by atoms with Crippen LogP contribution in [0.4, 0.5) is 11.4 Å². The van der Waals surface area contributed by atoms with Gasteiger partial charge in [-0.1, -0.05) is 29.8 Å². The molecule has 0 aromatic heterocycles. The Hall–Kier alpha value is -3.22. The molecule has 2 amide bonds. The lowest BCUT2D eigenvalue weighted by molar-refractivity contribution is 0.0976. The van der Waals surface area contributed by atoms with Gasteiger partial charge in [-0.3, -0.25) is 14.9 Å². The molecule has 0 aliphatic heterocycles. The Morgan fingerprint density at radius 2 is 1.21 bits per heavy atom. The van der Waals surface area contributed by atoms with Crippen molar-refractivity contribution in [1.82, 2.24) is 5.32 Å². The Labute approximate surface area is 172 Å². The SMILES string of the molecule is O=C(NC(=S)Nc1ccc(NC(=O)c2ccc(Cl)cc2)cc1)c1ccccc1. The molecule has 0 unspecified atom stereocenters. The third kappa shape index (κ3) is 5.39. The zero-order chi connectivity index (χ0) is 19.9. The van der Waals surface area contributed by atoms with E-state index in [-0.39, 0.29) is 16.9 Å². The Kier molecular flexibility index (Phi) is 6.37. The van der Waals surface area contributed by atoms with Crippen LogP contribution in [0.5, 0.6) is 0 Å². The third-order valence-corrected chi connectivity index (χ3v) is 4.23. The molecule has 3 aromatic carbocycles. The number of nitrogens with one attached hydrogen (secondary N) is 3. The first kappa shape index (κ1) is 19.5. The van der Waals surface area contributed by atoms with Gasteiger partial charge in [0.05, 0.1) is 0 Å². The molecule has 140 valence electrons. The molecule has 0 saturated carbocycles. The maximum absolute atomic E-state index is 12.2. The lowest BCUT2D eigenvalue weighted by Crippen LogP contribution is -2.34. The van der Waals surface area contributed by atoms with E-state index in [4.69, 9.17) is 23.8 Å². The van der Waals surface area contributed by atoms with E-state index < -0.39 is 0 Å². The van der Waals surface area contributed by atoms with Crippen LogP contribution >= 0.6 is 23.8 Å². The number of rotatable bonds is 4. The van der Waals surface area contributed by atoms with Gasteiger partial charge in [0.25, 0.3) is 11.8 Å². The van der Waals surface area contributed by atoms with Gasteiger partial charge in [-0.15, -0.1) is 0 Å². The van der Waals surface area contributed by atoms with Crippen molar-refractivity contribution < 1.29 is 9.59 Å². The molecule has 0 aliphatic carbocycles. The number of halogens is 1. The molecule has 0 fully saturated rings. The number of benzene rings is 3. The van der Waals surface area contributed by atoms with Crippen LogP contribution in [-0.4, -0.2) is 16.9 Å². The fraction of sp³-hybridized carbons (Fsp3) is 0. The minimum absolute atomic E-state index is 0.187. The number of anilines is 2. The maximum atomic E-state index is 12.2. The lowest BCUT2D eigenvalue weighted by Gasteiger charge is -2.11. The van der Waals surface area contributed by atoms with Crippen molar-refractivity contribution in [1.29, 1.82) is 0 Å². The molecule has 0 atom stereocenters. The van der Waals surface area contributed by atoms with Crippen LogP contribution in [0, 0.1) is 0 Å². The lowest BCUT2D eigenvalue weighted by atomic mass is 10.2. The first-order valence-corrected chi connectivity index (χ1v) is 9.14. The molecular weight excluding hydrogens is 394 g/mol. The van der Waals surface area contributed by atoms with Crippen LogP contribution in [-0.2, 0) is 0 Å². The van der Waals surface area contributed by atoms with E-state index in [0.717, 1.165) is 0 Å².